The van der Waals surface area contributed by atoms with Gasteiger partial charge in [0, 0.05) is 10.5 Å². The van der Waals surface area contributed by atoms with Crippen molar-refractivity contribution in [2.75, 3.05) is 24.2 Å². The number of benzene rings is 2. The molecule has 27 heavy (non-hydrogen) atoms. The lowest BCUT2D eigenvalue weighted by atomic mass is 10.0. The van der Waals surface area contributed by atoms with Crippen LogP contribution in [0.25, 0.3) is 11.1 Å². The molecule has 2 aromatic carbocycles. The number of cyclic esters (lactones) is 1. The van der Waals surface area contributed by atoms with E-state index in [-0.39, 0.29) is 6.54 Å². The summed E-state index contributed by atoms with van der Waals surface area (Å²) in [6.45, 7) is 0.561. The maximum Gasteiger partial charge on any atom is 0.414 e. The lowest BCUT2D eigenvalue weighted by molar-refractivity contribution is 0.145. The Morgan fingerprint density at radius 1 is 1.33 bits per heavy atom. The van der Waals surface area contributed by atoms with E-state index in [9.17, 15) is 9.18 Å². The monoisotopic (exact) mass is 386 g/mol. The number of nitrogens with two attached hydrogens (primary N) is 1. The first-order valence-electron chi connectivity index (χ1n) is 8.26. The van der Waals surface area contributed by atoms with Crippen LogP contribution in [0.15, 0.2) is 57.3 Å². The van der Waals surface area contributed by atoms with Gasteiger partial charge in [-0.3, -0.25) is 9.89 Å². The summed E-state index contributed by atoms with van der Waals surface area (Å²) in [7, 11) is 0. The van der Waals surface area contributed by atoms with E-state index in [0.29, 0.717) is 17.8 Å². The van der Waals surface area contributed by atoms with Crippen molar-refractivity contribution in [2.24, 2.45) is 15.7 Å². The minimum Gasteiger partial charge on any atom is -0.442 e. The van der Waals surface area contributed by atoms with Crippen molar-refractivity contribution in [2.45, 2.75) is 11.0 Å². The van der Waals surface area contributed by atoms with Crippen LogP contribution in [0, 0.1) is 5.82 Å². The Bertz CT molecular complexity index is 871. The van der Waals surface area contributed by atoms with E-state index < -0.39 is 18.0 Å². The zero-order valence-electron chi connectivity index (χ0n) is 14.7. The number of anilines is 1. The Morgan fingerprint density at radius 3 is 2.78 bits per heavy atom. The van der Waals surface area contributed by atoms with Crippen molar-refractivity contribution in [1.29, 1.82) is 0 Å². The normalized spacial score (nSPS) is 17.2. The molecule has 8 heteroatoms. The molecular formula is C19H19FN4O2S. The van der Waals surface area contributed by atoms with E-state index >= 15 is 0 Å². The van der Waals surface area contributed by atoms with Crippen molar-refractivity contribution in [3.8, 4) is 11.1 Å². The Labute approximate surface area is 160 Å². The van der Waals surface area contributed by atoms with Crippen LogP contribution in [0.3, 0.4) is 0 Å². The smallest absolute Gasteiger partial charge is 0.414 e. The molecule has 1 unspecified atom stereocenters. The number of carbonyl (C=O) groups excluding carboxylic acids is 1. The number of ether oxygens (including phenoxy) is 1. The van der Waals surface area contributed by atoms with Crippen molar-refractivity contribution < 1.29 is 13.9 Å². The molecule has 6 nitrogen and oxygen atoms in total. The molecule has 1 aliphatic rings. The number of hydrogen-bond donors (Lipinski definition) is 1. The fourth-order valence-corrected chi connectivity index (χ4v) is 3.16. The Hall–Kier alpha value is -2.87. The van der Waals surface area contributed by atoms with E-state index in [0.717, 1.165) is 16.8 Å². The van der Waals surface area contributed by atoms with Gasteiger partial charge in [0.2, 0.25) is 0 Å². The molecule has 0 bridgehead atoms. The molecule has 0 aliphatic carbocycles. The number of rotatable bonds is 6. The summed E-state index contributed by atoms with van der Waals surface area (Å²) in [5.74, 6) is -0.393. The van der Waals surface area contributed by atoms with Crippen molar-refractivity contribution >= 4 is 36.2 Å². The lowest BCUT2D eigenvalue weighted by Crippen LogP contribution is -2.25. The molecule has 1 aliphatic heterocycles. The fourth-order valence-electron chi connectivity index (χ4n) is 2.75. The number of amides is 1. The van der Waals surface area contributed by atoms with Crippen molar-refractivity contribution in [3.63, 3.8) is 0 Å². The maximum absolute atomic E-state index is 14.6. The molecule has 140 valence electrons. The molecule has 0 spiro atoms. The van der Waals surface area contributed by atoms with Crippen LogP contribution in [-0.2, 0) is 4.74 Å². The van der Waals surface area contributed by atoms with E-state index in [1.54, 1.807) is 23.9 Å². The van der Waals surface area contributed by atoms with Crippen LogP contribution in [0.5, 0.6) is 0 Å². The molecule has 3 rings (SSSR count). The summed E-state index contributed by atoms with van der Waals surface area (Å²) in [5.41, 5.74) is 6.84. The molecule has 1 fully saturated rings. The number of hydrogen-bond acceptors (Lipinski definition) is 4. The zero-order valence-corrected chi connectivity index (χ0v) is 15.5. The minimum absolute atomic E-state index is 0.266. The molecule has 0 saturated carbocycles. The summed E-state index contributed by atoms with van der Waals surface area (Å²) < 4.78 is 19.9. The zero-order chi connectivity index (χ0) is 19.2. The largest absolute Gasteiger partial charge is 0.442 e. The van der Waals surface area contributed by atoms with Crippen LogP contribution in [-0.4, -0.2) is 44.2 Å². The van der Waals surface area contributed by atoms with Crippen LogP contribution < -0.4 is 10.6 Å². The van der Waals surface area contributed by atoms with E-state index in [1.165, 1.54) is 17.3 Å². The second-order valence-electron chi connectivity index (χ2n) is 5.79. The minimum atomic E-state index is -0.519. The highest BCUT2D eigenvalue weighted by Gasteiger charge is 2.32. The number of halogens is 1. The molecule has 0 aromatic heterocycles. The van der Waals surface area contributed by atoms with Crippen LogP contribution >= 0.6 is 11.8 Å². The molecule has 0 radical (unpaired) electrons. The summed E-state index contributed by atoms with van der Waals surface area (Å²) in [6.07, 6.45) is 3.48. The van der Waals surface area contributed by atoms with Crippen LogP contribution in [0.2, 0.25) is 0 Å². The number of aliphatic imine (C=N–C) groups is 2. The standard InChI is InChI=1S/C19H19FN4O2S/c1-27-16-5-2-13(3-6-16)17-7-4-14(8-18(17)20)24-10-15(26-19(24)25)9-22-12-23-11-21/h2-8,11-12,15H,9-10H2,1H3,(H2,21,22,23). The van der Waals surface area contributed by atoms with E-state index in [4.69, 9.17) is 10.5 Å². The third-order valence-electron chi connectivity index (χ3n) is 4.08. The first-order valence-corrected chi connectivity index (χ1v) is 9.48. The van der Waals surface area contributed by atoms with Gasteiger partial charge in [0.05, 0.1) is 25.1 Å². The van der Waals surface area contributed by atoms with Gasteiger partial charge >= 0.3 is 6.09 Å². The van der Waals surface area contributed by atoms with Gasteiger partial charge in [0.25, 0.3) is 0 Å². The average molecular weight is 386 g/mol. The molecule has 1 atom stereocenters. The third-order valence-corrected chi connectivity index (χ3v) is 4.83. The van der Waals surface area contributed by atoms with Crippen molar-refractivity contribution in [3.05, 3.63) is 48.3 Å². The lowest BCUT2D eigenvalue weighted by Gasteiger charge is -2.14. The highest BCUT2D eigenvalue weighted by atomic mass is 32.2. The van der Waals surface area contributed by atoms with Gasteiger partial charge in [-0.1, -0.05) is 12.1 Å². The SMILES string of the molecule is CSc1ccc(-c2ccc(N3CC(CN=CN=CN)OC3=O)cc2F)cc1. The molecule has 1 saturated heterocycles. The van der Waals surface area contributed by atoms with E-state index in [1.807, 2.05) is 30.5 Å². The first-order chi connectivity index (χ1) is 13.1. The van der Waals surface area contributed by atoms with Gasteiger partial charge in [0.15, 0.2) is 0 Å². The van der Waals surface area contributed by atoms with Gasteiger partial charge in [-0.05, 0) is 42.2 Å². The highest BCUT2D eigenvalue weighted by molar-refractivity contribution is 7.98. The number of thioether (sulfide) groups is 1. The second-order valence-corrected chi connectivity index (χ2v) is 6.67. The highest BCUT2D eigenvalue weighted by Crippen LogP contribution is 2.30. The fraction of sp³-hybridized carbons (Fsp3) is 0.211. The molecule has 2 N–H and O–H groups in total. The van der Waals surface area contributed by atoms with Gasteiger partial charge < -0.3 is 10.5 Å². The topological polar surface area (TPSA) is 80.3 Å². The second kappa shape index (κ2) is 8.68. The van der Waals surface area contributed by atoms with Crippen LogP contribution in [0.4, 0.5) is 14.9 Å². The average Bonchev–Trinajstić information content (AvgIpc) is 3.06. The molecule has 1 amide bonds. The summed E-state index contributed by atoms with van der Waals surface area (Å²) in [4.78, 5) is 22.3. The maximum atomic E-state index is 14.6. The number of nitrogens with zero attached hydrogens (tertiary/aromatic N) is 3. The quantitative estimate of drug-likeness (QED) is 0.468. The molecule has 1 heterocycles. The Balaban J connectivity index is 1.74. The molecule has 2 aromatic rings. The summed E-state index contributed by atoms with van der Waals surface area (Å²) in [5, 5.41) is 0. The van der Waals surface area contributed by atoms with Gasteiger partial charge in [-0.25, -0.2) is 14.2 Å². The summed E-state index contributed by atoms with van der Waals surface area (Å²) >= 11 is 1.63. The van der Waals surface area contributed by atoms with Gasteiger partial charge in [-0.2, -0.15) is 0 Å². The van der Waals surface area contributed by atoms with Crippen molar-refractivity contribution in [1.82, 2.24) is 0 Å². The third kappa shape index (κ3) is 4.46. The van der Waals surface area contributed by atoms with E-state index in [2.05, 4.69) is 9.98 Å². The Morgan fingerprint density at radius 2 is 2.11 bits per heavy atom. The van der Waals surface area contributed by atoms with Gasteiger partial charge in [0.1, 0.15) is 18.3 Å². The van der Waals surface area contributed by atoms with Crippen LogP contribution in [0.1, 0.15) is 0 Å². The first kappa shape index (κ1) is 18.9. The summed E-state index contributed by atoms with van der Waals surface area (Å²) in [6, 6.07) is 12.4. The predicted octanol–water partition coefficient (Wildman–Crippen LogP) is 3.56. The Kier molecular flexibility index (Phi) is 6.08. The predicted molar refractivity (Wildman–Crippen MR) is 107 cm³/mol. The molecular weight excluding hydrogens is 367 g/mol. The van der Waals surface area contributed by atoms with Gasteiger partial charge in [-0.15, -0.1) is 11.8 Å². The number of carbonyl (C=O) groups is 1.